The van der Waals surface area contributed by atoms with Crippen molar-refractivity contribution >= 4 is 0 Å². The summed E-state index contributed by atoms with van der Waals surface area (Å²) in [6, 6.07) is 0. The van der Waals surface area contributed by atoms with Crippen molar-refractivity contribution in [3.63, 3.8) is 0 Å². The van der Waals surface area contributed by atoms with Crippen LogP contribution in [-0.2, 0) is 4.74 Å². The van der Waals surface area contributed by atoms with Gasteiger partial charge in [0.05, 0.1) is 6.61 Å². The van der Waals surface area contributed by atoms with E-state index >= 15 is 0 Å². The van der Waals surface area contributed by atoms with E-state index in [4.69, 9.17) is 4.74 Å². The normalized spacial score (nSPS) is 21.4. The second-order valence-corrected chi connectivity index (χ2v) is 5.66. The Kier molecular flexibility index (Phi) is 7.14. The molecule has 1 atom stereocenters. The van der Waals surface area contributed by atoms with E-state index in [1.54, 1.807) is 0 Å². The molecule has 0 aromatic heterocycles. The Morgan fingerprint density at radius 1 is 1.18 bits per heavy atom. The van der Waals surface area contributed by atoms with Crippen LogP contribution in [0, 0.1) is 11.3 Å². The van der Waals surface area contributed by atoms with Crippen LogP contribution in [0.15, 0.2) is 0 Å². The average Bonchev–Trinajstić information content (AvgIpc) is 2.37. The van der Waals surface area contributed by atoms with E-state index in [0.29, 0.717) is 5.41 Å². The third-order valence-corrected chi connectivity index (χ3v) is 4.38. The smallest absolute Gasteiger partial charge is 0.0533 e. The van der Waals surface area contributed by atoms with Crippen LogP contribution in [0.3, 0.4) is 0 Å². The molecule has 1 aliphatic rings. The van der Waals surface area contributed by atoms with Gasteiger partial charge in [-0.2, -0.15) is 0 Å². The molecular formula is C15H31NO. The number of hydrogen-bond donors (Lipinski definition) is 1. The molecule has 2 nitrogen and oxygen atoms in total. The van der Waals surface area contributed by atoms with Crippen LogP contribution in [-0.4, -0.2) is 26.8 Å². The highest BCUT2D eigenvalue weighted by molar-refractivity contribution is 4.89. The Morgan fingerprint density at radius 2 is 1.88 bits per heavy atom. The van der Waals surface area contributed by atoms with Crippen LogP contribution in [0.4, 0.5) is 0 Å². The van der Waals surface area contributed by atoms with E-state index in [1.807, 2.05) is 7.11 Å². The zero-order chi connectivity index (χ0) is 12.6. The topological polar surface area (TPSA) is 21.3 Å². The van der Waals surface area contributed by atoms with E-state index in [2.05, 4.69) is 19.2 Å². The first-order valence-electron chi connectivity index (χ1n) is 7.48. The maximum Gasteiger partial charge on any atom is 0.0533 e. The van der Waals surface area contributed by atoms with E-state index in [-0.39, 0.29) is 0 Å². The van der Waals surface area contributed by atoms with Gasteiger partial charge in [0.15, 0.2) is 0 Å². The summed E-state index contributed by atoms with van der Waals surface area (Å²) in [5, 5.41) is 3.58. The summed E-state index contributed by atoms with van der Waals surface area (Å²) in [5.74, 6) is 0.871. The number of ether oxygens (including phenoxy) is 1. The molecule has 0 saturated heterocycles. The van der Waals surface area contributed by atoms with Gasteiger partial charge in [0.1, 0.15) is 0 Å². The predicted octanol–water partition coefficient (Wildman–Crippen LogP) is 3.61. The summed E-state index contributed by atoms with van der Waals surface area (Å²) < 4.78 is 5.57. The lowest BCUT2D eigenvalue weighted by Gasteiger charge is -2.42. The van der Waals surface area contributed by atoms with Crippen molar-refractivity contribution in [1.29, 1.82) is 0 Å². The van der Waals surface area contributed by atoms with E-state index in [0.717, 1.165) is 25.6 Å². The highest BCUT2D eigenvalue weighted by atomic mass is 16.5. The largest absolute Gasteiger partial charge is 0.384 e. The standard InChI is InChI=1S/C15H31NO/c1-4-11-15(13-17-3,12-16-5-2)14-9-7-6-8-10-14/h14,16H,4-13H2,1-3H3. The Balaban J connectivity index is 2.70. The van der Waals surface area contributed by atoms with E-state index in [9.17, 15) is 0 Å². The minimum atomic E-state index is 0.389. The highest BCUT2D eigenvalue weighted by Crippen LogP contribution is 2.41. The van der Waals surface area contributed by atoms with Gasteiger partial charge in [-0.05, 0) is 31.7 Å². The molecule has 2 heteroatoms. The molecule has 1 unspecified atom stereocenters. The first-order chi connectivity index (χ1) is 8.29. The molecule has 0 bridgehead atoms. The molecule has 17 heavy (non-hydrogen) atoms. The highest BCUT2D eigenvalue weighted by Gasteiger charge is 2.38. The number of rotatable bonds is 8. The van der Waals surface area contributed by atoms with Crippen molar-refractivity contribution in [2.24, 2.45) is 11.3 Å². The molecular weight excluding hydrogens is 210 g/mol. The van der Waals surface area contributed by atoms with Gasteiger partial charge in [0.25, 0.3) is 0 Å². The van der Waals surface area contributed by atoms with Crippen LogP contribution < -0.4 is 5.32 Å². The van der Waals surface area contributed by atoms with Crippen molar-refractivity contribution in [3.05, 3.63) is 0 Å². The number of nitrogens with one attached hydrogen (secondary N) is 1. The minimum Gasteiger partial charge on any atom is -0.384 e. The summed E-state index contributed by atoms with van der Waals surface area (Å²) in [6.07, 6.45) is 9.68. The molecule has 0 heterocycles. The monoisotopic (exact) mass is 241 g/mol. The average molecular weight is 241 g/mol. The number of hydrogen-bond acceptors (Lipinski definition) is 2. The molecule has 0 amide bonds. The molecule has 0 radical (unpaired) electrons. The zero-order valence-corrected chi connectivity index (χ0v) is 12.1. The fraction of sp³-hybridized carbons (Fsp3) is 1.00. The first-order valence-corrected chi connectivity index (χ1v) is 7.48. The molecule has 0 aliphatic heterocycles. The van der Waals surface area contributed by atoms with Crippen molar-refractivity contribution in [2.45, 2.75) is 58.8 Å². The molecule has 1 rings (SSSR count). The Hall–Kier alpha value is -0.0800. The van der Waals surface area contributed by atoms with Crippen LogP contribution >= 0.6 is 0 Å². The van der Waals surface area contributed by atoms with Crippen LogP contribution in [0.2, 0.25) is 0 Å². The molecule has 1 N–H and O–H groups in total. The molecule has 0 aromatic rings. The number of methoxy groups -OCH3 is 1. The van der Waals surface area contributed by atoms with E-state index in [1.165, 1.54) is 44.9 Å². The zero-order valence-electron chi connectivity index (χ0n) is 12.1. The second kappa shape index (κ2) is 8.10. The third-order valence-electron chi connectivity index (χ3n) is 4.38. The van der Waals surface area contributed by atoms with Gasteiger partial charge >= 0.3 is 0 Å². The van der Waals surface area contributed by atoms with Crippen molar-refractivity contribution in [3.8, 4) is 0 Å². The van der Waals surface area contributed by atoms with Gasteiger partial charge in [-0.1, -0.05) is 39.5 Å². The lowest BCUT2D eigenvalue weighted by molar-refractivity contribution is 0.00822. The molecule has 1 saturated carbocycles. The molecule has 0 spiro atoms. The molecule has 0 aromatic carbocycles. The maximum atomic E-state index is 5.57. The summed E-state index contributed by atoms with van der Waals surface area (Å²) in [7, 11) is 1.86. The summed E-state index contributed by atoms with van der Waals surface area (Å²) >= 11 is 0. The van der Waals surface area contributed by atoms with E-state index < -0.39 is 0 Å². The van der Waals surface area contributed by atoms with Gasteiger partial charge in [-0.3, -0.25) is 0 Å². The van der Waals surface area contributed by atoms with Gasteiger partial charge in [0, 0.05) is 19.1 Å². The van der Waals surface area contributed by atoms with Crippen molar-refractivity contribution in [2.75, 3.05) is 26.8 Å². The summed E-state index contributed by atoms with van der Waals surface area (Å²) in [4.78, 5) is 0. The molecule has 1 fully saturated rings. The summed E-state index contributed by atoms with van der Waals surface area (Å²) in [6.45, 7) is 7.64. The Bertz CT molecular complexity index is 181. The lowest BCUT2D eigenvalue weighted by atomic mass is 9.66. The molecule has 1 aliphatic carbocycles. The van der Waals surface area contributed by atoms with Crippen LogP contribution in [0.1, 0.15) is 58.8 Å². The Labute approximate surface area is 108 Å². The molecule has 102 valence electrons. The fourth-order valence-corrected chi connectivity index (χ4v) is 3.55. The second-order valence-electron chi connectivity index (χ2n) is 5.66. The van der Waals surface area contributed by atoms with Crippen molar-refractivity contribution < 1.29 is 4.74 Å². The van der Waals surface area contributed by atoms with Gasteiger partial charge in [-0.15, -0.1) is 0 Å². The Morgan fingerprint density at radius 3 is 2.41 bits per heavy atom. The summed E-state index contributed by atoms with van der Waals surface area (Å²) in [5.41, 5.74) is 0.389. The third kappa shape index (κ3) is 4.26. The fourth-order valence-electron chi connectivity index (χ4n) is 3.55. The van der Waals surface area contributed by atoms with Gasteiger partial charge in [-0.25, -0.2) is 0 Å². The van der Waals surface area contributed by atoms with Gasteiger partial charge < -0.3 is 10.1 Å². The predicted molar refractivity (Wildman–Crippen MR) is 74.3 cm³/mol. The minimum absolute atomic E-state index is 0.389. The quantitative estimate of drug-likeness (QED) is 0.701. The van der Waals surface area contributed by atoms with Crippen LogP contribution in [0.25, 0.3) is 0 Å². The first kappa shape index (κ1) is 15.0. The maximum absolute atomic E-state index is 5.57. The van der Waals surface area contributed by atoms with Gasteiger partial charge in [0.2, 0.25) is 0 Å². The lowest BCUT2D eigenvalue weighted by Crippen LogP contribution is -2.44. The van der Waals surface area contributed by atoms with Crippen molar-refractivity contribution in [1.82, 2.24) is 5.32 Å². The van der Waals surface area contributed by atoms with Crippen LogP contribution in [0.5, 0.6) is 0 Å². The SMILES string of the molecule is CCCC(CNCC)(COC)C1CCCCC1.